The maximum Gasteiger partial charge on any atom is 0.261 e. The molecule has 36 heavy (non-hydrogen) atoms. The smallest absolute Gasteiger partial charge is 0.261 e. The van der Waals surface area contributed by atoms with Crippen LogP contribution < -0.4 is 10.0 Å². The molecular weight excluding hydrogens is 547 g/mol. The quantitative estimate of drug-likeness (QED) is 0.278. The van der Waals surface area contributed by atoms with E-state index in [1.807, 2.05) is 25.1 Å². The first-order valence-electron chi connectivity index (χ1n) is 11.5. The minimum Gasteiger partial charge on any atom is -0.365 e. The number of aromatic nitrogens is 2. The van der Waals surface area contributed by atoms with E-state index in [1.54, 1.807) is 18.3 Å². The van der Waals surface area contributed by atoms with Gasteiger partial charge in [-0.1, -0.05) is 28.1 Å². The van der Waals surface area contributed by atoms with Gasteiger partial charge in [-0.2, -0.15) is 5.10 Å². The Bertz CT molecular complexity index is 1500. The van der Waals surface area contributed by atoms with Crippen LogP contribution in [0.15, 0.2) is 59.2 Å². The summed E-state index contributed by atoms with van der Waals surface area (Å²) in [6, 6.07) is 13.5. The van der Waals surface area contributed by atoms with Gasteiger partial charge in [0.05, 0.1) is 23.0 Å². The number of rotatable bonds is 8. The molecule has 1 aliphatic rings. The fraction of sp³-hybridized carbons (Fsp3) is 0.231. The molecule has 3 N–H and O–H groups in total. The number of hydrogen-bond acceptors (Lipinski definition) is 3. The number of nitrogens with zero attached hydrogens (tertiary/aromatic N) is 3. The van der Waals surface area contributed by atoms with E-state index in [1.165, 1.54) is 21.0 Å². The second-order valence-electron chi connectivity index (χ2n) is 8.98. The number of primary amides is 1. The minimum atomic E-state index is -2.28. The summed E-state index contributed by atoms with van der Waals surface area (Å²) in [6.45, 7) is 2.31. The zero-order valence-electron chi connectivity index (χ0n) is 19.4. The van der Waals surface area contributed by atoms with Crippen molar-refractivity contribution in [1.29, 1.82) is 0 Å². The van der Waals surface area contributed by atoms with Crippen molar-refractivity contribution in [2.24, 2.45) is 5.73 Å². The molecule has 2 aromatic heterocycles. The number of fused-ring (bicyclic) bond motifs is 1. The van der Waals surface area contributed by atoms with Crippen LogP contribution >= 0.6 is 15.9 Å². The van der Waals surface area contributed by atoms with Crippen LogP contribution in [0.2, 0.25) is 0 Å². The number of anilines is 1. The predicted octanol–water partition coefficient (Wildman–Crippen LogP) is 5.37. The number of hydrogen-bond donors (Lipinski definition) is 2. The predicted molar refractivity (Wildman–Crippen MR) is 142 cm³/mol. The third-order valence-electron chi connectivity index (χ3n) is 6.44. The van der Waals surface area contributed by atoms with Gasteiger partial charge in [0.2, 0.25) is 0 Å². The van der Waals surface area contributed by atoms with Crippen molar-refractivity contribution in [1.82, 2.24) is 9.61 Å². The zero-order valence-corrected chi connectivity index (χ0v) is 21.9. The maximum absolute atomic E-state index is 13.5. The molecule has 2 aromatic carbocycles. The Labute approximate surface area is 218 Å². The van der Waals surface area contributed by atoms with Crippen LogP contribution in [-0.2, 0) is 17.7 Å². The second-order valence-corrected chi connectivity index (χ2v) is 10.7. The lowest BCUT2D eigenvalue weighted by molar-refractivity contribution is 0.100. The van der Waals surface area contributed by atoms with E-state index < -0.39 is 23.0 Å². The fourth-order valence-electron chi connectivity index (χ4n) is 4.45. The van der Waals surface area contributed by atoms with E-state index in [0.717, 1.165) is 34.0 Å². The summed E-state index contributed by atoms with van der Waals surface area (Å²) in [6.07, 6.45) is 4.15. The average Bonchev–Trinajstić information content (AvgIpc) is 3.61. The van der Waals surface area contributed by atoms with Crippen molar-refractivity contribution in [2.45, 2.75) is 32.1 Å². The SMILES string of the molecule is Cc1cc(CCN(c2cn3nc(-c4ccc(F)cc4)c(C(N)=O)c3cc2C2CC2)S(=O)O)ccc1Br. The lowest BCUT2D eigenvalue weighted by atomic mass is 10.0. The number of amides is 1. The highest BCUT2D eigenvalue weighted by atomic mass is 79.9. The molecule has 0 aliphatic heterocycles. The summed E-state index contributed by atoms with van der Waals surface area (Å²) in [5, 5.41) is 4.58. The molecule has 1 unspecified atom stereocenters. The lowest BCUT2D eigenvalue weighted by Crippen LogP contribution is -2.29. The largest absolute Gasteiger partial charge is 0.365 e. The molecule has 2 heterocycles. The van der Waals surface area contributed by atoms with Gasteiger partial charge >= 0.3 is 0 Å². The first-order valence-corrected chi connectivity index (χ1v) is 13.3. The number of carbonyl (C=O) groups excluding carboxylic acids is 1. The van der Waals surface area contributed by atoms with E-state index in [2.05, 4.69) is 27.1 Å². The molecule has 1 fully saturated rings. The number of nitrogens with two attached hydrogens (primary N) is 1. The van der Waals surface area contributed by atoms with Crippen LogP contribution in [0.5, 0.6) is 0 Å². The van der Waals surface area contributed by atoms with Gasteiger partial charge < -0.3 is 5.73 Å². The summed E-state index contributed by atoms with van der Waals surface area (Å²) in [7, 11) is 0. The maximum atomic E-state index is 13.5. The normalized spacial score (nSPS) is 14.2. The molecule has 5 rings (SSSR count). The van der Waals surface area contributed by atoms with Gasteiger partial charge in [-0.3, -0.25) is 13.7 Å². The van der Waals surface area contributed by atoms with Crippen molar-refractivity contribution in [3.8, 4) is 11.3 Å². The van der Waals surface area contributed by atoms with Crippen LogP contribution in [0.3, 0.4) is 0 Å². The van der Waals surface area contributed by atoms with Crippen molar-refractivity contribution in [3.63, 3.8) is 0 Å². The second kappa shape index (κ2) is 9.76. The molecule has 1 atom stereocenters. The Morgan fingerprint density at radius 1 is 1.25 bits per heavy atom. The van der Waals surface area contributed by atoms with Gasteiger partial charge in [0.15, 0.2) is 0 Å². The fourth-order valence-corrected chi connectivity index (χ4v) is 5.27. The van der Waals surface area contributed by atoms with E-state index in [0.29, 0.717) is 35.4 Å². The van der Waals surface area contributed by atoms with Crippen LogP contribution in [0.25, 0.3) is 16.8 Å². The summed E-state index contributed by atoms with van der Waals surface area (Å²) in [5.41, 5.74) is 11.0. The molecule has 0 saturated heterocycles. The highest BCUT2D eigenvalue weighted by Gasteiger charge is 2.31. The number of benzene rings is 2. The van der Waals surface area contributed by atoms with Gasteiger partial charge in [0, 0.05) is 16.6 Å². The zero-order chi connectivity index (χ0) is 25.6. The molecule has 0 radical (unpaired) electrons. The third kappa shape index (κ3) is 4.80. The van der Waals surface area contributed by atoms with Crippen molar-refractivity contribution in [2.75, 3.05) is 10.8 Å². The number of carbonyl (C=O) groups is 1. The van der Waals surface area contributed by atoms with Crippen molar-refractivity contribution >= 4 is 44.3 Å². The van der Waals surface area contributed by atoms with Gasteiger partial charge in [0.1, 0.15) is 11.5 Å². The third-order valence-corrected chi connectivity index (χ3v) is 8.09. The standard InChI is InChI=1S/C26H24BrFN4O3S/c1-15-12-16(2-9-21(15)27)10-11-32(36(34)35)23-14-31-22(13-20(23)17-3-4-17)24(26(29)33)25(30-31)18-5-7-19(28)8-6-18/h2,5-9,12-14,17H,3-4,10-11H2,1H3,(H2,29,33)(H,34,35). The average molecular weight is 571 g/mol. The molecule has 1 amide bonds. The van der Waals surface area contributed by atoms with Crippen LogP contribution in [0.1, 0.15) is 45.8 Å². The highest BCUT2D eigenvalue weighted by molar-refractivity contribution is 9.10. The van der Waals surface area contributed by atoms with Crippen LogP contribution in [0.4, 0.5) is 10.1 Å². The summed E-state index contributed by atoms with van der Waals surface area (Å²) >= 11 is 1.23. The molecule has 1 saturated carbocycles. The van der Waals surface area contributed by atoms with Gasteiger partial charge in [0.25, 0.3) is 17.2 Å². The van der Waals surface area contributed by atoms with E-state index >= 15 is 0 Å². The highest BCUT2D eigenvalue weighted by Crippen LogP contribution is 2.46. The van der Waals surface area contributed by atoms with Crippen molar-refractivity contribution < 1.29 is 17.9 Å². The molecule has 4 aromatic rings. The molecule has 7 nitrogen and oxygen atoms in total. The minimum absolute atomic E-state index is 0.218. The summed E-state index contributed by atoms with van der Waals surface area (Å²) in [5.74, 6) is -0.827. The van der Waals surface area contributed by atoms with E-state index in [4.69, 9.17) is 5.73 Å². The molecule has 0 spiro atoms. The Hall–Kier alpha value is -3.08. The number of pyridine rings is 1. The number of halogens is 2. The summed E-state index contributed by atoms with van der Waals surface area (Å²) < 4.78 is 40.2. The molecular formula is C26H24BrFN4O3S. The van der Waals surface area contributed by atoms with Gasteiger partial charge in [-0.25, -0.2) is 13.1 Å². The summed E-state index contributed by atoms with van der Waals surface area (Å²) in [4.78, 5) is 12.5. The van der Waals surface area contributed by atoms with Gasteiger partial charge in [-0.15, -0.1) is 0 Å². The van der Waals surface area contributed by atoms with Crippen molar-refractivity contribution in [3.05, 3.63) is 87.3 Å². The molecule has 0 bridgehead atoms. The van der Waals surface area contributed by atoms with Crippen LogP contribution in [0, 0.1) is 12.7 Å². The van der Waals surface area contributed by atoms with Gasteiger partial charge in [-0.05, 0) is 85.2 Å². The molecule has 186 valence electrons. The molecule has 1 aliphatic carbocycles. The Kier molecular flexibility index (Phi) is 6.67. The van der Waals surface area contributed by atoms with E-state index in [-0.39, 0.29) is 11.5 Å². The monoisotopic (exact) mass is 570 g/mol. The number of aryl methyl sites for hydroxylation is 1. The first-order chi connectivity index (χ1) is 17.2. The Balaban J connectivity index is 1.60. The Morgan fingerprint density at radius 3 is 2.58 bits per heavy atom. The Morgan fingerprint density at radius 2 is 1.97 bits per heavy atom. The van der Waals surface area contributed by atoms with E-state index in [9.17, 15) is 17.9 Å². The lowest BCUT2D eigenvalue weighted by Gasteiger charge is -2.23. The topological polar surface area (TPSA) is 101 Å². The first kappa shape index (κ1) is 24.6. The molecule has 10 heteroatoms. The van der Waals surface area contributed by atoms with Crippen LogP contribution in [-0.4, -0.2) is 30.8 Å².